The van der Waals surface area contributed by atoms with Gasteiger partial charge in [-0.2, -0.15) is 13.2 Å². The maximum atomic E-state index is 13.4. The van der Waals surface area contributed by atoms with Crippen molar-refractivity contribution in [3.63, 3.8) is 0 Å². The topological polar surface area (TPSA) is 61.4 Å². The summed E-state index contributed by atoms with van der Waals surface area (Å²) in [6.45, 7) is 1.00. The summed E-state index contributed by atoms with van der Waals surface area (Å²) in [6, 6.07) is 10.9. The van der Waals surface area contributed by atoms with Gasteiger partial charge in [-0.3, -0.25) is 4.79 Å². The van der Waals surface area contributed by atoms with E-state index in [0.717, 1.165) is 11.6 Å². The van der Waals surface area contributed by atoms with E-state index in [9.17, 15) is 27.2 Å². The van der Waals surface area contributed by atoms with Gasteiger partial charge in [0.15, 0.2) is 0 Å². The lowest BCUT2D eigenvalue weighted by Gasteiger charge is -2.49. The summed E-state index contributed by atoms with van der Waals surface area (Å²) < 4.78 is 53.1. The molecule has 2 aliphatic heterocycles. The van der Waals surface area contributed by atoms with E-state index < -0.39 is 17.3 Å². The number of piperidine rings is 1. The molecule has 1 spiro atoms. The fraction of sp³-hybridized carbons (Fsp3) is 0.391. The standard InChI is InChI=1S/C23H23F4N3O2/c24-17-7-5-15(6-8-17)19-14-28-21(32)29-22(19)9-11-30(12-10-22)20(31)13-16-3-1-2-4-18(16)23(25,26)27/h1-8,19H,9-14H2,(H2,28,29,32)/t19-/m1/s1. The van der Waals surface area contributed by atoms with Crippen LogP contribution in [-0.4, -0.2) is 42.0 Å². The molecule has 9 heteroatoms. The predicted molar refractivity (Wildman–Crippen MR) is 109 cm³/mol. The van der Waals surface area contributed by atoms with Crippen LogP contribution in [0.3, 0.4) is 0 Å². The van der Waals surface area contributed by atoms with Crippen LogP contribution < -0.4 is 10.6 Å². The third-order valence-corrected chi connectivity index (χ3v) is 6.44. The Morgan fingerprint density at radius 3 is 2.38 bits per heavy atom. The largest absolute Gasteiger partial charge is 0.416 e. The van der Waals surface area contributed by atoms with Gasteiger partial charge in [0, 0.05) is 25.6 Å². The van der Waals surface area contributed by atoms with Gasteiger partial charge >= 0.3 is 12.2 Å². The van der Waals surface area contributed by atoms with Crippen LogP contribution in [0.2, 0.25) is 0 Å². The Morgan fingerprint density at radius 1 is 1.06 bits per heavy atom. The molecule has 2 N–H and O–H groups in total. The van der Waals surface area contributed by atoms with E-state index in [1.807, 2.05) is 0 Å². The lowest BCUT2D eigenvalue weighted by molar-refractivity contribution is -0.138. The molecule has 5 nitrogen and oxygen atoms in total. The van der Waals surface area contributed by atoms with Crippen LogP contribution in [-0.2, 0) is 17.4 Å². The highest BCUT2D eigenvalue weighted by Gasteiger charge is 2.46. The Morgan fingerprint density at radius 2 is 1.72 bits per heavy atom. The van der Waals surface area contributed by atoms with Gasteiger partial charge in [-0.05, 0) is 42.2 Å². The van der Waals surface area contributed by atoms with Gasteiger partial charge in [0.05, 0.1) is 17.5 Å². The summed E-state index contributed by atoms with van der Waals surface area (Å²) in [5.41, 5.74) is -0.591. The molecule has 0 aliphatic carbocycles. The first-order valence-electron chi connectivity index (χ1n) is 10.4. The second-order valence-corrected chi connectivity index (χ2v) is 8.31. The Labute approximate surface area is 182 Å². The van der Waals surface area contributed by atoms with Gasteiger partial charge in [-0.15, -0.1) is 0 Å². The van der Waals surface area contributed by atoms with E-state index in [0.29, 0.717) is 32.5 Å². The number of halogens is 4. The lowest BCUT2D eigenvalue weighted by Crippen LogP contribution is -2.66. The average Bonchev–Trinajstić information content (AvgIpc) is 2.75. The van der Waals surface area contributed by atoms with Gasteiger partial charge in [-0.1, -0.05) is 30.3 Å². The van der Waals surface area contributed by atoms with Gasteiger partial charge < -0.3 is 15.5 Å². The summed E-state index contributed by atoms with van der Waals surface area (Å²) in [5, 5.41) is 5.78. The van der Waals surface area contributed by atoms with E-state index in [-0.39, 0.29) is 35.7 Å². The molecule has 2 aliphatic rings. The molecule has 1 atom stereocenters. The predicted octanol–water partition coefficient (Wildman–Crippen LogP) is 3.84. The average molecular weight is 449 g/mol. The monoisotopic (exact) mass is 449 g/mol. The van der Waals surface area contributed by atoms with Crippen LogP contribution in [0.25, 0.3) is 0 Å². The Hall–Kier alpha value is -3.10. The number of carbonyl (C=O) groups is 2. The number of hydrogen-bond acceptors (Lipinski definition) is 2. The van der Waals surface area contributed by atoms with Crippen LogP contribution >= 0.6 is 0 Å². The molecule has 2 aromatic rings. The van der Waals surface area contributed by atoms with E-state index >= 15 is 0 Å². The first-order valence-corrected chi connectivity index (χ1v) is 10.4. The molecular formula is C23H23F4N3O2. The summed E-state index contributed by atoms with van der Waals surface area (Å²) in [7, 11) is 0. The van der Waals surface area contributed by atoms with E-state index in [2.05, 4.69) is 10.6 Å². The normalized spacial score (nSPS) is 20.6. The fourth-order valence-electron chi connectivity index (χ4n) is 4.73. The van der Waals surface area contributed by atoms with Crippen molar-refractivity contribution in [2.75, 3.05) is 19.6 Å². The van der Waals surface area contributed by atoms with E-state index in [1.54, 1.807) is 17.0 Å². The molecule has 2 heterocycles. The molecule has 32 heavy (non-hydrogen) atoms. The van der Waals surface area contributed by atoms with Crippen molar-refractivity contribution in [3.05, 3.63) is 71.0 Å². The number of alkyl halides is 3. The molecule has 3 amide bonds. The molecule has 170 valence electrons. The lowest BCUT2D eigenvalue weighted by atomic mass is 9.72. The van der Waals surface area contributed by atoms with Crippen molar-refractivity contribution < 1.29 is 27.2 Å². The first kappa shape index (κ1) is 22.1. The third kappa shape index (κ3) is 4.42. The molecule has 2 saturated heterocycles. The second-order valence-electron chi connectivity index (χ2n) is 8.31. The molecular weight excluding hydrogens is 426 g/mol. The van der Waals surface area contributed by atoms with E-state index in [1.165, 1.54) is 30.3 Å². The van der Waals surface area contributed by atoms with Gasteiger partial charge in [0.2, 0.25) is 5.91 Å². The number of benzene rings is 2. The number of likely N-dealkylation sites (tertiary alicyclic amines) is 1. The number of urea groups is 1. The SMILES string of the molecule is O=C1NC[C@H](c2ccc(F)cc2)C2(CCN(C(=O)Cc3ccccc3C(F)(F)F)CC2)N1. The minimum atomic E-state index is -4.52. The fourth-order valence-corrected chi connectivity index (χ4v) is 4.73. The number of hydrogen-bond donors (Lipinski definition) is 2. The molecule has 2 fully saturated rings. The highest BCUT2D eigenvalue weighted by atomic mass is 19.4. The third-order valence-electron chi connectivity index (χ3n) is 6.44. The van der Waals surface area contributed by atoms with Crippen molar-refractivity contribution in [1.82, 2.24) is 15.5 Å². The summed E-state index contributed by atoms with van der Waals surface area (Å²) in [5.74, 6) is -0.852. The maximum absolute atomic E-state index is 13.4. The van der Waals surface area contributed by atoms with Crippen molar-refractivity contribution >= 4 is 11.9 Å². The summed E-state index contributed by atoms with van der Waals surface area (Å²) in [4.78, 5) is 26.4. The second kappa shape index (κ2) is 8.44. The van der Waals surface area contributed by atoms with Crippen molar-refractivity contribution in [2.45, 2.75) is 36.9 Å². The first-order chi connectivity index (χ1) is 15.2. The molecule has 0 unspecified atom stereocenters. The number of nitrogens with zero attached hydrogens (tertiary/aromatic N) is 1. The number of nitrogens with one attached hydrogen (secondary N) is 2. The quantitative estimate of drug-likeness (QED) is 0.700. The molecule has 0 saturated carbocycles. The van der Waals surface area contributed by atoms with E-state index in [4.69, 9.17) is 0 Å². The van der Waals surface area contributed by atoms with Crippen molar-refractivity contribution in [1.29, 1.82) is 0 Å². The van der Waals surface area contributed by atoms with Crippen LogP contribution in [0.15, 0.2) is 48.5 Å². The Bertz CT molecular complexity index is 999. The number of rotatable bonds is 3. The van der Waals surface area contributed by atoms with Crippen LogP contribution in [0.5, 0.6) is 0 Å². The Kier molecular flexibility index (Phi) is 5.83. The van der Waals surface area contributed by atoms with Crippen molar-refractivity contribution in [2.24, 2.45) is 0 Å². The van der Waals surface area contributed by atoms with Crippen molar-refractivity contribution in [3.8, 4) is 0 Å². The van der Waals surface area contributed by atoms with Crippen LogP contribution in [0.4, 0.5) is 22.4 Å². The molecule has 0 radical (unpaired) electrons. The number of carbonyl (C=O) groups excluding carboxylic acids is 2. The molecule has 2 aromatic carbocycles. The van der Waals surface area contributed by atoms with Crippen LogP contribution in [0, 0.1) is 5.82 Å². The zero-order chi connectivity index (χ0) is 22.9. The molecule has 4 rings (SSSR count). The smallest absolute Gasteiger partial charge is 0.342 e. The van der Waals surface area contributed by atoms with Gasteiger partial charge in [0.25, 0.3) is 0 Å². The minimum Gasteiger partial charge on any atom is -0.342 e. The molecule has 0 aromatic heterocycles. The zero-order valence-electron chi connectivity index (χ0n) is 17.2. The minimum absolute atomic E-state index is 0.0513. The highest BCUT2D eigenvalue weighted by Crippen LogP contribution is 2.39. The zero-order valence-corrected chi connectivity index (χ0v) is 17.2. The number of amides is 3. The highest BCUT2D eigenvalue weighted by molar-refractivity contribution is 5.80. The van der Waals surface area contributed by atoms with Crippen LogP contribution in [0.1, 0.15) is 35.4 Å². The Balaban J connectivity index is 1.48. The summed E-state index contributed by atoms with van der Waals surface area (Å²) in [6.07, 6.45) is -3.95. The molecule has 0 bridgehead atoms. The maximum Gasteiger partial charge on any atom is 0.416 e. The van der Waals surface area contributed by atoms with Gasteiger partial charge in [-0.25, -0.2) is 9.18 Å². The van der Waals surface area contributed by atoms with Gasteiger partial charge in [0.1, 0.15) is 5.82 Å². The summed E-state index contributed by atoms with van der Waals surface area (Å²) >= 11 is 0.